The quantitative estimate of drug-likeness (QED) is 0.794. The summed E-state index contributed by atoms with van der Waals surface area (Å²) in [4.78, 5) is 17.5. The molecule has 0 aliphatic carbocycles. The highest BCUT2D eigenvalue weighted by Gasteiger charge is 2.19. The first kappa shape index (κ1) is 14.8. The lowest BCUT2D eigenvalue weighted by Gasteiger charge is -2.02. The standard InChI is InChI=1S/C14H13ClN4O2S/c1-8-11(12(15)19(2)18-8)13(20)16-6-9-7-21-14(17-9)10-4-3-5-22-10/h3-5,7H,6H2,1-2H3,(H,16,20). The maximum atomic E-state index is 12.2. The predicted octanol–water partition coefficient (Wildman–Crippen LogP) is 3.03. The molecule has 0 unspecified atom stereocenters. The Morgan fingerprint density at radius 3 is 3.00 bits per heavy atom. The Balaban J connectivity index is 1.69. The van der Waals surface area contributed by atoms with E-state index in [0.717, 1.165) is 4.88 Å². The monoisotopic (exact) mass is 336 g/mol. The zero-order valence-corrected chi connectivity index (χ0v) is 13.5. The molecule has 0 radical (unpaired) electrons. The molecule has 1 amide bonds. The van der Waals surface area contributed by atoms with Crippen molar-refractivity contribution in [3.8, 4) is 10.8 Å². The number of carbonyl (C=O) groups is 1. The van der Waals surface area contributed by atoms with Gasteiger partial charge in [-0.2, -0.15) is 5.10 Å². The second-order valence-electron chi connectivity index (χ2n) is 4.68. The first-order valence-electron chi connectivity index (χ1n) is 6.52. The highest BCUT2D eigenvalue weighted by molar-refractivity contribution is 7.13. The molecule has 0 saturated carbocycles. The number of aryl methyl sites for hydroxylation is 2. The molecule has 0 aliphatic heterocycles. The van der Waals surface area contributed by atoms with Crippen LogP contribution >= 0.6 is 22.9 Å². The average Bonchev–Trinajstić information content (AvgIpc) is 3.19. The average molecular weight is 337 g/mol. The minimum Gasteiger partial charge on any atom is -0.443 e. The molecule has 0 aromatic carbocycles. The molecule has 0 aliphatic rings. The summed E-state index contributed by atoms with van der Waals surface area (Å²) in [7, 11) is 1.69. The van der Waals surface area contributed by atoms with Crippen molar-refractivity contribution in [3.05, 3.63) is 45.9 Å². The molecule has 3 aromatic rings. The molecule has 0 atom stereocenters. The van der Waals surface area contributed by atoms with Crippen LogP contribution in [0.1, 0.15) is 21.7 Å². The maximum absolute atomic E-state index is 12.2. The van der Waals surface area contributed by atoms with Crippen LogP contribution in [0.25, 0.3) is 10.8 Å². The Kier molecular flexibility index (Phi) is 4.00. The molecule has 0 fully saturated rings. The molecular weight excluding hydrogens is 324 g/mol. The van der Waals surface area contributed by atoms with Crippen molar-refractivity contribution < 1.29 is 9.21 Å². The fourth-order valence-electron chi connectivity index (χ4n) is 2.05. The minimum atomic E-state index is -0.281. The zero-order chi connectivity index (χ0) is 15.7. The molecule has 0 saturated heterocycles. The number of carbonyl (C=O) groups excluding carboxylic acids is 1. The van der Waals surface area contributed by atoms with Crippen LogP contribution in [0.2, 0.25) is 5.15 Å². The predicted molar refractivity (Wildman–Crippen MR) is 83.9 cm³/mol. The second kappa shape index (κ2) is 5.94. The lowest BCUT2D eigenvalue weighted by atomic mass is 10.2. The number of thiophene rings is 1. The Hall–Kier alpha value is -2.12. The number of nitrogens with zero attached hydrogens (tertiary/aromatic N) is 3. The summed E-state index contributed by atoms with van der Waals surface area (Å²) in [5, 5.41) is 9.16. The number of rotatable bonds is 4. The van der Waals surface area contributed by atoms with Crippen LogP contribution < -0.4 is 5.32 Å². The van der Waals surface area contributed by atoms with E-state index < -0.39 is 0 Å². The van der Waals surface area contributed by atoms with Crippen LogP contribution in [0.4, 0.5) is 0 Å². The van der Waals surface area contributed by atoms with Gasteiger partial charge >= 0.3 is 0 Å². The van der Waals surface area contributed by atoms with E-state index in [9.17, 15) is 4.79 Å². The van der Waals surface area contributed by atoms with Gasteiger partial charge in [-0.3, -0.25) is 9.48 Å². The third kappa shape index (κ3) is 2.77. The van der Waals surface area contributed by atoms with E-state index in [1.54, 1.807) is 25.3 Å². The normalized spacial score (nSPS) is 10.9. The number of hydrogen-bond donors (Lipinski definition) is 1. The van der Waals surface area contributed by atoms with Crippen molar-refractivity contribution in [2.75, 3.05) is 0 Å². The molecule has 114 valence electrons. The summed E-state index contributed by atoms with van der Waals surface area (Å²) < 4.78 is 6.87. The minimum absolute atomic E-state index is 0.262. The number of hydrogen-bond acceptors (Lipinski definition) is 5. The lowest BCUT2D eigenvalue weighted by Crippen LogP contribution is -2.23. The molecule has 0 spiro atoms. The molecule has 6 nitrogen and oxygen atoms in total. The number of amides is 1. The van der Waals surface area contributed by atoms with Crippen molar-refractivity contribution in [2.45, 2.75) is 13.5 Å². The summed E-state index contributed by atoms with van der Waals surface area (Å²) in [6.07, 6.45) is 1.53. The van der Waals surface area contributed by atoms with Crippen molar-refractivity contribution >= 4 is 28.8 Å². The van der Waals surface area contributed by atoms with Gasteiger partial charge in [-0.1, -0.05) is 17.7 Å². The highest BCUT2D eigenvalue weighted by atomic mass is 35.5. The van der Waals surface area contributed by atoms with Crippen LogP contribution in [-0.4, -0.2) is 20.7 Å². The second-order valence-corrected chi connectivity index (χ2v) is 5.98. The van der Waals surface area contributed by atoms with Gasteiger partial charge < -0.3 is 9.73 Å². The number of halogens is 1. The Morgan fingerprint density at radius 1 is 1.55 bits per heavy atom. The van der Waals surface area contributed by atoms with Gasteiger partial charge in [-0.25, -0.2) is 4.98 Å². The van der Waals surface area contributed by atoms with E-state index >= 15 is 0 Å². The number of aromatic nitrogens is 3. The summed E-state index contributed by atoms with van der Waals surface area (Å²) in [6, 6.07) is 3.86. The van der Waals surface area contributed by atoms with Gasteiger partial charge in [0.25, 0.3) is 5.91 Å². The number of nitrogens with one attached hydrogen (secondary N) is 1. The summed E-state index contributed by atoms with van der Waals surface area (Å²) in [5.74, 6) is 0.270. The van der Waals surface area contributed by atoms with Crippen LogP contribution in [0.3, 0.4) is 0 Å². The lowest BCUT2D eigenvalue weighted by molar-refractivity contribution is 0.0950. The maximum Gasteiger partial charge on any atom is 0.256 e. The molecule has 1 N–H and O–H groups in total. The van der Waals surface area contributed by atoms with E-state index in [4.69, 9.17) is 16.0 Å². The molecule has 3 aromatic heterocycles. The largest absolute Gasteiger partial charge is 0.443 e. The van der Waals surface area contributed by atoms with E-state index in [1.807, 2.05) is 17.5 Å². The van der Waals surface area contributed by atoms with Gasteiger partial charge in [0, 0.05) is 7.05 Å². The fourth-order valence-corrected chi connectivity index (χ4v) is 2.96. The van der Waals surface area contributed by atoms with Gasteiger partial charge in [-0.15, -0.1) is 11.3 Å². The Morgan fingerprint density at radius 2 is 2.36 bits per heavy atom. The zero-order valence-electron chi connectivity index (χ0n) is 12.0. The molecule has 22 heavy (non-hydrogen) atoms. The van der Waals surface area contributed by atoms with E-state index in [0.29, 0.717) is 28.0 Å². The first-order valence-corrected chi connectivity index (χ1v) is 7.77. The van der Waals surface area contributed by atoms with Gasteiger partial charge in [0.1, 0.15) is 11.4 Å². The van der Waals surface area contributed by atoms with Gasteiger partial charge in [0.15, 0.2) is 0 Å². The third-order valence-electron chi connectivity index (χ3n) is 3.09. The smallest absolute Gasteiger partial charge is 0.256 e. The van der Waals surface area contributed by atoms with E-state index in [-0.39, 0.29) is 12.5 Å². The third-order valence-corrected chi connectivity index (χ3v) is 4.38. The van der Waals surface area contributed by atoms with Crippen LogP contribution in [0.15, 0.2) is 28.2 Å². The topological polar surface area (TPSA) is 73.0 Å². The SMILES string of the molecule is Cc1nn(C)c(Cl)c1C(=O)NCc1coc(-c2cccs2)n1. The van der Waals surface area contributed by atoms with Crippen LogP contribution in [0.5, 0.6) is 0 Å². The number of oxazole rings is 1. The Labute approximate surface area is 135 Å². The summed E-state index contributed by atoms with van der Waals surface area (Å²) >= 11 is 7.61. The van der Waals surface area contributed by atoms with Crippen molar-refractivity contribution in [3.63, 3.8) is 0 Å². The molecule has 3 heterocycles. The van der Waals surface area contributed by atoms with Crippen molar-refractivity contribution in [2.24, 2.45) is 7.05 Å². The van der Waals surface area contributed by atoms with Gasteiger partial charge in [0.2, 0.25) is 5.89 Å². The summed E-state index contributed by atoms with van der Waals surface area (Å²) in [6.45, 7) is 2.00. The fraction of sp³-hybridized carbons (Fsp3) is 0.214. The van der Waals surface area contributed by atoms with Gasteiger partial charge in [-0.05, 0) is 18.4 Å². The van der Waals surface area contributed by atoms with Crippen molar-refractivity contribution in [1.82, 2.24) is 20.1 Å². The van der Waals surface area contributed by atoms with Crippen LogP contribution in [0, 0.1) is 6.92 Å². The molecule has 8 heteroatoms. The molecule has 3 rings (SSSR count). The Bertz CT molecular complexity index is 807. The van der Waals surface area contributed by atoms with Gasteiger partial charge in [0.05, 0.1) is 28.4 Å². The van der Waals surface area contributed by atoms with Crippen molar-refractivity contribution in [1.29, 1.82) is 0 Å². The highest BCUT2D eigenvalue weighted by Crippen LogP contribution is 2.23. The van der Waals surface area contributed by atoms with Crippen LogP contribution in [-0.2, 0) is 13.6 Å². The van der Waals surface area contributed by atoms with E-state index in [1.165, 1.54) is 10.9 Å². The molecular formula is C14H13ClN4O2S. The van der Waals surface area contributed by atoms with E-state index in [2.05, 4.69) is 15.4 Å². The molecule has 0 bridgehead atoms. The first-order chi connectivity index (χ1) is 10.6. The summed E-state index contributed by atoms with van der Waals surface area (Å²) in [5.41, 5.74) is 1.62.